The Morgan fingerprint density at radius 3 is 2.09 bits per heavy atom. The van der Waals surface area contributed by atoms with Gasteiger partial charge in [0.15, 0.2) is 0 Å². The number of hydrogen-bond donors (Lipinski definition) is 1. The molecular formula is C41H26N2. The minimum atomic E-state index is -0.434. The Bertz CT molecular complexity index is 2200. The summed E-state index contributed by atoms with van der Waals surface area (Å²) in [5.41, 5.74) is 13.5. The first-order chi connectivity index (χ1) is 21.1. The number of hydrogen-bond acceptors (Lipinski definition) is 2. The van der Waals surface area contributed by atoms with Crippen LogP contribution in [-0.2, 0) is 5.41 Å². The number of rotatable bonds is 4. The Balaban J connectivity index is 1.41. The van der Waals surface area contributed by atoms with Crippen molar-refractivity contribution in [2.75, 3.05) is 0 Å². The molecule has 0 atom stereocenters. The molecule has 200 valence electrons. The maximum Gasteiger partial charge on any atom is 0.0992 e. The number of nitrogens with zero attached hydrogens (tertiary/aromatic N) is 1. The van der Waals surface area contributed by atoms with Crippen LogP contribution in [0.5, 0.6) is 0 Å². The highest BCUT2D eigenvalue weighted by atomic mass is 14.5. The summed E-state index contributed by atoms with van der Waals surface area (Å²) < 4.78 is 0. The van der Waals surface area contributed by atoms with E-state index in [0.29, 0.717) is 5.57 Å². The van der Waals surface area contributed by atoms with Crippen LogP contribution in [0.2, 0.25) is 0 Å². The van der Waals surface area contributed by atoms with Gasteiger partial charge in [0.1, 0.15) is 0 Å². The highest BCUT2D eigenvalue weighted by molar-refractivity contribution is 6.09. The van der Waals surface area contributed by atoms with Crippen LogP contribution in [0.3, 0.4) is 0 Å². The number of nitrogens with one attached hydrogen (secondary N) is 1. The van der Waals surface area contributed by atoms with Gasteiger partial charge in [-0.25, -0.2) is 0 Å². The molecule has 0 aliphatic heterocycles. The Morgan fingerprint density at radius 2 is 1.35 bits per heavy atom. The summed E-state index contributed by atoms with van der Waals surface area (Å²) in [7, 11) is 0. The molecule has 0 amide bonds. The van der Waals surface area contributed by atoms with Gasteiger partial charge in [-0.05, 0) is 84.6 Å². The summed E-state index contributed by atoms with van der Waals surface area (Å²) in [6.45, 7) is 3.69. The lowest BCUT2D eigenvalue weighted by atomic mass is 9.70. The average Bonchev–Trinajstić information content (AvgIpc) is 3.54. The third kappa shape index (κ3) is 3.43. The second kappa shape index (κ2) is 9.38. The van der Waals surface area contributed by atoms with E-state index in [9.17, 15) is 5.26 Å². The molecule has 43 heavy (non-hydrogen) atoms. The fourth-order valence-corrected chi connectivity index (χ4v) is 7.33. The second-order valence-electron chi connectivity index (χ2n) is 11.2. The van der Waals surface area contributed by atoms with Crippen LogP contribution in [0, 0.1) is 16.7 Å². The molecule has 0 heterocycles. The predicted octanol–water partition coefficient (Wildman–Crippen LogP) is 9.85. The SMILES string of the molecule is C=C/C(C#N)=C\C(=N)c1cccc(-c2ccc3c(c2)C2(c4ccccc4-c4ccccc42)c2ccc4ccccc4c2-3)c1. The Morgan fingerprint density at radius 1 is 0.651 bits per heavy atom. The molecule has 6 aromatic rings. The Labute approximate surface area is 251 Å². The van der Waals surface area contributed by atoms with Crippen LogP contribution in [0.25, 0.3) is 44.2 Å². The lowest BCUT2D eigenvalue weighted by Crippen LogP contribution is -2.25. The Hall–Kier alpha value is -5.78. The molecule has 1 N–H and O–H groups in total. The molecule has 0 radical (unpaired) electrons. The van der Waals surface area contributed by atoms with Gasteiger partial charge in [-0.1, -0.05) is 128 Å². The molecule has 2 nitrogen and oxygen atoms in total. The van der Waals surface area contributed by atoms with Gasteiger partial charge in [0.25, 0.3) is 0 Å². The maximum absolute atomic E-state index is 9.34. The molecular weight excluding hydrogens is 520 g/mol. The fraction of sp³-hybridized carbons (Fsp3) is 0.0244. The van der Waals surface area contributed by atoms with E-state index in [1.807, 2.05) is 18.2 Å². The van der Waals surface area contributed by atoms with Gasteiger partial charge >= 0.3 is 0 Å². The van der Waals surface area contributed by atoms with Gasteiger partial charge in [-0.3, -0.25) is 0 Å². The molecule has 0 unspecified atom stereocenters. The van der Waals surface area contributed by atoms with E-state index in [-0.39, 0.29) is 5.71 Å². The second-order valence-corrected chi connectivity index (χ2v) is 11.2. The molecule has 2 aliphatic rings. The highest BCUT2D eigenvalue weighted by Gasteiger charge is 2.52. The van der Waals surface area contributed by atoms with Crippen LogP contribution in [0.4, 0.5) is 0 Å². The van der Waals surface area contributed by atoms with E-state index < -0.39 is 5.41 Å². The third-order valence-electron chi connectivity index (χ3n) is 9.13. The van der Waals surface area contributed by atoms with E-state index in [2.05, 4.69) is 122 Å². The molecule has 2 heteroatoms. The van der Waals surface area contributed by atoms with Crippen LogP contribution < -0.4 is 0 Å². The van der Waals surface area contributed by atoms with E-state index in [1.54, 1.807) is 6.08 Å². The van der Waals surface area contributed by atoms with Crippen molar-refractivity contribution in [2.24, 2.45) is 0 Å². The zero-order valence-electron chi connectivity index (χ0n) is 23.4. The minimum absolute atomic E-state index is 0.286. The first-order valence-corrected chi connectivity index (χ1v) is 14.5. The standard InChI is InChI=1S/C41H26N2/c1-2-26(25-42)22-39(43)30-12-9-11-28(23-30)29-18-20-34-38(24-29)41(37-21-19-27-10-3-4-13-31(27)40(34)37)35-16-7-5-14-32(35)33-15-6-8-17-36(33)41/h2-24,43H,1H2/b26-22+,43-39?. The van der Waals surface area contributed by atoms with E-state index in [1.165, 1.54) is 61.4 Å². The van der Waals surface area contributed by atoms with Crippen LogP contribution in [0.15, 0.2) is 152 Å². The summed E-state index contributed by atoms with van der Waals surface area (Å²) in [5.74, 6) is 0. The average molecular weight is 547 g/mol. The van der Waals surface area contributed by atoms with Crippen molar-refractivity contribution in [1.82, 2.24) is 0 Å². The number of nitriles is 1. The molecule has 2 aliphatic carbocycles. The number of allylic oxidation sites excluding steroid dienone is 3. The van der Waals surface area contributed by atoms with Gasteiger partial charge in [-0.2, -0.15) is 5.26 Å². The van der Waals surface area contributed by atoms with Crippen molar-refractivity contribution in [1.29, 1.82) is 10.7 Å². The fourth-order valence-electron chi connectivity index (χ4n) is 7.33. The maximum atomic E-state index is 9.34. The zero-order chi connectivity index (χ0) is 29.1. The summed E-state index contributed by atoms with van der Waals surface area (Å²) >= 11 is 0. The minimum Gasteiger partial charge on any atom is -0.300 e. The monoisotopic (exact) mass is 546 g/mol. The first-order valence-electron chi connectivity index (χ1n) is 14.5. The molecule has 0 aromatic heterocycles. The van der Waals surface area contributed by atoms with Gasteiger partial charge in [0.05, 0.1) is 22.8 Å². The van der Waals surface area contributed by atoms with Gasteiger partial charge in [0.2, 0.25) is 0 Å². The van der Waals surface area contributed by atoms with E-state index in [4.69, 9.17) is 5.41 Å². The van der Waals surface area contributed by atoms with Crippen LogP contribution in [-0.4, -0.2) is 5.71 Å². The molecule has 6 aromatic carbocycles. The highest BCUT2D eigenvalue weighted by Crippen LogP contribution is 2.64. The zero-order valence-corrected chi connectivity index (χ0v) is 23.4. The molecule has 0 saturated carbocycles. The smallest absolute Gasteiger partial charge is 0.0992 e. The van der Waals surface area contributed by atoms with Gasteiger partial charge < -0.3 is 5.41 Å². The first kappa shape index (κ1) is 25.0. The van der Waals surface area contributed by atoms with Gasteiger partial charge in [0, 0.05) is 5.56 Å². The van der Waals surface area contributed by atoms with Crippen molar-refractivity contribution in [3.8, 4) is 39.4 Å². The van der Waals surface area contributed by atoms with Crippen molar-refractivity contribution >= 4 is 16.5 Å². The van der Waals surface area contributed by atoms with Crippen molar-refractivity contribution in [3.63, 3.8) is 0 Å². The normalized spacial score (nSPS) is 13.6. The van der Waals surface area contributed by atoms with Gasteiger partial charge in [-0.15, -0.1) is 0 Å². The summed E-state index contributed by atoms with van der Waals surface area (Å²) in [5, 5.41) is 20.5. The van der Waals surface area contributed by atoms with Crippen LogP contribution >= 0.6 is 0 Å². The van der Waals surface area contributed by atoms with Crippen molar-refractivity contribution in [3.05, 3.63) is 180 Å². The lowest BCUT2D eigenvalue weighted by Gasteiger charge is -2.30. The van der Waals surface area contributed by atoms with Crippen LogP contribution in [0.1, 0.15) is 27.8 Å². The lowest BCUT2D eigenvalue weighted by molar-refractivity contribution is 0.795. The third-order valence-corrected chi connectivity index (χ3v) is 9.13. The van der Waals surface area contributed by atoms with Crippen molar-refractivity contribution in [2.45, 2.75) is 5.41 Å². The predicted molar refractivity (Wildman–Crippen MR) is 176 cm³/mol. The van der Waals surface area contributed by atoms with E-state index in [0.717, 1.165) is 16.7 Å². The summed E-state index contributed by atoms with van der Waals surface area (Å²) in [6.07, 6.45) is 3.05. The molecule has 1 spiro atoms. The summed E-state index contributed by atoms with van der Waals surface area (Å²) in [4.78, 5) is 0. The quantitative estimate of drug-likeness (QED) is 0.133. The topological polar surface area (TPSA) is 47.6 Å². The van der Waals surface area contributed by atoms with Crippen molar-refractivity contribution < 1.29 is 0 Å². The molecule has 0 bridgehead atoms. The largest absolute Gasteiger partial charge is 0.300 e. The van der Waals surface area contributed by atoms with E-state index >= 15 is 0 Å². The number of fused-ring (bicyclic) bond motifs is 12. The molecule has 8 rings (SSSR count). The molecule has 0 fully saturated rings. The number of benzene rings is 6. The summed E-state index contributed by atoms with van der Waals surface area (Å²) in [6, 6.07) is 48.0. The Kier molecular flexibility index (Phi) is 5.45. The molecule has 0 saturated heterocycles.